The summed E-state index contributed by atoms with van der Waals surface area (Å²) in [6, 6.07) is 9.69. The highest BCUT2D eigenvalue weighted by Gasteiger charge is 2.14. The summed E-state index contributed by atoms with van der Waals surface area (Å²) in [5, 5.41) is 19.7. The van der Waals surface area contributed by atoms with Crippen molar-refractivity contribution in [3.8, 4) is 11.5 Å². The molecular formula is C15H9ClIN5O. The number of fused-ring (bicyclic) bond motifs is 1. The Labute approximate surface area is 149 Å². The van der Waals surface area contributed by atoms with Gasteiger partial charge in [0, 0.05) is 8.96 Å². The van der Waals surface area contributed by atoms with Crippen LogP contribution in [0.3, 0.4) is 0 Å². The third-order valence-electron chi connectivity index (χ3n) is 3.37. The van der Waals surface area contributed by atoms with E-state index in [2.05, 4.69) is 48.3 Å². The van der Waals surface area contributed by atoms with Crippen LogP contribution in [0, 0.1) is 3.57 Å². The molecule has 0 fully saturated rings. The first-order chi connectivity index (χ1) is 11.2. The number of aromatic amines is 1. The summed E-state index contributed by atoms with van der Waals surface area (Å²) in [4.78, 5) is 0. The maximum absolute atomic E-state index is 6.32. The summed E-state index contributed by atoms with van der Waals surface area (Å²) in [5.41, 5.74) is 3.27. The number of rotatable bonds is 3. The molecule has 0 aliphatic carbocycles. The van der Waals surface area contributed by atoms with Gasteiger partial charge in [-0.3, -0.25) is 5.10 Å². The first-order valence-corrected chi connectivity index (χ1v) is 8.12. The molecule has 23 heavy (non-hydrogen) atoms. The predicted octanol–water partition coefficient (Wildman–Crippen LogP) is 4.61. The molecule has 0 bridgehead atoms. The lowest BCUT2D eigenvalue weighted by Crippen LogP contribution is -1.95. The topological polar surface area (TPSA) is 79.6 Å². The second-order valence-corrected chi connectivity index (χ2v) is 6.50. The molecule has 0 saturated heterocycles. The fourth-order valence-electron chi connectivity index (χ4n) is 2.30. The lowest BCUT2D eigenvalue weighted by Gasteiger charge is -2.12. The normalized spacial score (nSPS) is 11.0. The molecule has 0 spiro atoms. The van der Waals surface area contributed by atoms with Gasteiger partial charge in [0.15, 0.2) is 0 Å². The number of nitrogens with zero attached hydrogens (tertiary/aromatic N) is 3. The fourth-order valence-corrected chi connectivity index (χ4v) is 3.20. The highest BCUT2D eigenvalue weighted by Crippen LogP contribution is 2.35. The SMILES string of the molecule is Clc1cc(I)ccc1Nc1cc2cn[nH]c2cc1-c1nnco1. The van der Waals surface area contributed by atoms with Crippen LogP contribution < -0.4 is 5.32 Å². The van der Waals surface area contributed by atoms with Crippen LogP contribution >= 0.6 is 34.2 Å². The first kappa shape index (κ1) is 14.5. The molecule has 2 aromatic carbocycles. The lowest BCUT2D eigenvalue weighted by atomic mass is 10.1. The van der Waals surface area contributed by atoms with Crippen LogP contribution in [0.4, 0.5) is 11.4 Å². The van der Waals surface area contributed by atoms with Gasteiger partial charge in [-0.2, -0.15) is 5.10 Å². The molecule has 0 atom stereocenters. The van der Waals surface area contributed by atoms with Crippen molar-refractivity contribution in [2.24, 2.45) is 0 Å². The second kappa shape index (κ2) is 5.82. The van der Waals surface area contributed by atoms with Crippen molar-refractivity contribution in [1.82, 2.24) is 20.4 Å². The lowest BCUT2D eigenvalue weighted by molar-refractivity contribution is 0.569. The van der Waals surface area contributed by atoms with Crippen molar-refractivity contribution in [2.45, 2.75) is 0 Å². The van der Waals surface area contributed by atoms with Crippen LogP contribution in [0.2, 0.25) is 5.02 Å². The van der Waals surface area contributed by atoms with E-state index in [-0.39, 0.29) is 0 Å². The Kier molecular flexibility index (Phi) is 3.66. The maximum Gasteiger partial charge on any atom is 0.249 e. The zero-order chi connectivity index (χ0) is 15.8. The molecule has 0 saturated carbocycles. The van der Waals surface area contributed by atoms with Crippen molar-refractivity contribution in [3.05, 3.63) is 51.5 Å². The monoisotopic (exact) mass is 437 g/mol. The minimum Gasteiger partial charge on any atom is -0.423 e. The average molecular weight is 438 g/mol. The van der Waals surface area contributed by atoms with E-state index < -0.39 is 0 Å². The van der Waals surface area contributed by atoms with Crippen LogP contribution in [0.25, 0.3) is 22.4 Å². The Bertz CT molecular complexity index is 983. The maximum atomic E-state index is 6.32. The Morgan fingerprint density at radius 3 is 2.87 bits per heavy atom. The van der Waals surface area contributed by atoms with Crippen LogP contribution in [-0.2, 0) is 0 Å². The number of nitrogens with one attached hydrogen (secondary N) is 2. The van der Waals surface area contributed by atoms with Crippen LogP contribution in [0.1, 0.15) is 0 Å². The molecule has 0 unspecified atom stereocenters. The van der Waals surface area contributed by atoms with E-state index in [1.54, 1.807) is 6.20 Å². The van der Waals surface area contributed by atoms with Gasteiger partial charge >= 0.3 is 0 Å². The molecule has 0 radical (unpaired) electrons. The second-order valence-electron chi connectivity index (χ2n) is 4.85. The molecule has 114 valence electrons. The third kappa shape index (κ3) is 2.77. The van der Waals surface area contributed by atoms with Crippen LogP contribution in [-0.4, -0.2) is 20.4 Å². The van der Waals surface area contributed by atoms with Crippen molar-refractivity contribution in [3.63, 3.8) is 0 Å². The van der Waals surface area contributed by atoms with Crippen molar-refractivity contribution in [2.75, 3.05) is 5.32 Å². The van der Waals surface area contributed by atoms with Gasteiger partial charge in [0.25, 0.3) is 0 Å². The molecule has 2 aromatic heterocycles. The van der Waals surface area contributed by atoms with Crippen molar-refractivity contribution in [1.29, 1.82) is 0 Å². The summed E-state index contributed by atoms with van der Waals surface area (Å²) < 4.78 is 6.41. The van der Waals surface area contributed by atoms with E-state index in [1.165, 1.54) is 6.39 Å². The van der Waals surface area contributed by atoms with Crippen LogP contribution in [0.5, 0.6) is 0 Å². The standard InChI is InChI=1S/C15H9ClIN5O/c16-11-4-9(17)1-2-12(11)20-14-3-8-6-18-21-13(8)5-10(14)15-22-19-7-23-15/h1-7,20H,(H,18,21). The Morgan fingerprint density at radius 1 is 1.17 bits per heavy atom. The number of aromatic nitrogens is 4. The quantitative estimate of drug-likeness (QED) is 0.457. The molecule has 2 N–H and O–H groups in total. The van der Waals surface area contributed by atoms with Gasteiger partial charge in [-0.15, -0.1) is 10.2 Å². The van der Waals surface area contributed by atoms with Gasteiger partial charge in [-0.25, -0.2) is 0 Å². The zero-order valence-electron chi connectivity index (χ0n) is 11.5. The Balaban J connectivity index is 1.85. The van der Waals surface area contributed by atoms with Gasteiger partial charge in [-0.1, -0.05) is 11.6 Å². The number of anilines is 2. The number of H-pyrrole nitrogens is 1. The fraction of sp³-hybridized carbons (Fsp3) is 0. The van der Waals surface area contributed by atoms with E-state index >= 15 is 0 Å². The van der Waals surface area contributed by atoms with E-state index in [0.717, 1.165) is 31.4 Å². The van der Waals surface area contributed by atoms with Gasteiger partial charge < -0.3 is 9.73 Å². The van der Waals surface area contributed by atoms with Gasteiger partial charge in [0.05, 0.1) is 33.7 Å². The summed E-state index contributed by atoms with van der Waals surface area (Å²) in [5.74, 6) is 0.422. The molecule has 0 aliphatic heterocycles. The Hall–Kier alpha value is -2.13. The molecule has 2 heterocycles. The molecule has 0 amide bonds. The minimum absolute atomic E-state index is 0.422. The first-order valence-electron chi connectivity index (χ1n) is 6.66. The van der Waals surface area contributed by atoms with Gasteiger partial charge in [0.1, 0.15) is 0 Å². The highest BCUT2D eigenvalue weighted by atomic mass is 127. The number of hydrogen-bond acceptors (Lipinski definition) is 5. The van der Waals surface area contributed by atoms with E-state index in [0.29, 0.717) is 10.9 Å². The minimum atomic E-state index is 0.422. The number of hydrogen-bond donors (Lipinski definition) is 2. The smallest absolute Gasteiger partial charge is 0.249 e. The summed E-state index contributed by atoms with van der Waals surface area (Å²) in [6.07, 6.45) is 3.06. The summed E-state index contributed by atoms with van der Waals surface area (Å²) in [7, 11) is 0. The highest BCUT2D eigenvalue weighted by molar-refractivity contribution is 14.1. The van der Waals surface area contributed by atoms with E-state index in [9.17, 15) is 0 Å². The zero-order valence-corrected chi connectivity index (χ0v) is 14.5. The summed E-state index contributed by atoms with van der Waals surface area (Å²) in [6.45, 7) is 0. The predicted molar refractivity (Wildman–Crippen MR) is 96.8 cm³/mol. The molecule has 4 aromatic rings. The third-order valence-corrected chi connectivity index (χ3v) is 4.35. The molecule has 4 rings (SSSR count). The van der Waals surface area contributed by atoms with Crippen LogP contribution in [0.15, 0.2) is 47.3 Å². The molecular weight excluding hydrogens is 429 g/mol. The molecule has 8 heteroatoms. The van der Waals surface area contributed by atoms with E-state index in [1.807, 2.05) is 30.3 Å². The largest absolute Gasteiger partial charge is 0.423 e. The summed E-state index contributed by atoms with van der Waals surface area (Å²) >= 11 is 8.54. The van der Waals surface area contributed by atoms with Gasteiger partial charge in [0.2, 0.25) is 12.3 Å². The average Bonchev–Trinajstić information content (AvgIpc) is 3.19. The number of halogens is 2. The van der Waals surface area contributed by atoms with Gasteiger partial charge in [-0.05, 0) is 52.9 Å². The molecule has 0 aliphatic rings. The Morgan fingerprint density at radius 2 is 2.09 bits per heavy atom. The van der Waals surface area contributed by atoms with E-state index in [4.69, 9.17) is 16.0 Å². The number of benzene rings is 2. The van der Waals surface area contributed by atoms with Crippen molar-refractivity contribution >= 4 is 56.5 Å². The molecule has 6 nitrogen and oxygen atoms in total. The van der Waals surface area contributed by atoms with Crippen molar-refractivity contribution < 1.29 is 4.42 Å².